The summed E-state index contributed by atoms with van der Waals surface area (Å²) in [6.45, 7) is 1.74. The highest BCUT2D eigenvalue weighted by atomic mass is 31.2. The van der Waals surface area contributed by atoms with Crippen molar-refractivity contribution in [2.75, 3.05) is 6.16 Å². The zero-order valence-electron chi connectivity index (χ0n) is 7.84. The Bertz CT molecular complexity index is 399. The van der Waals surface area contributed by atoms with Gasteiger partial charge < -0.3 is 4.52 Å². The molecule has 2 atom stereocenters. The van der Waals surface area contributed by atoms with E-state index in [-0.39, 0.29) is 11.9 Å². The summed E-state index contributed by atoms with van der Waals surface area (Å²) in [7, 11) is -2.88. The van der Waals surface area contributed by atoms with E-state index in [1.54, 1.807) is 31.2 Å². The number of hydrogen-bond acceptors (Lipinski definition) is 3. The summed E-state index contributed by atoms with van der Waals surface area (Å²) in [5.41, 5.74) is 0. The molecule has 4 heteroatoms. The molecule has 0 N–H and O–H groups in total. The van der Waals surface area contributed by atoms with Crippen molar-refractivity contribution in [2.45, 2.75) is 6.92 Å². The third-order valence-electron chi connectivity index (χ3n) is 2.30. The lowest BCUT2D eigenvalue weighted by molar-refractivity contribution is -0.135. The Morgan fingerprint density at radius 2 is 2.00 bits per heavy atom. The third-order valence-corrected chi connectivity index (χ3v) is 4.89. The molecule has 0 amide bonds. The summed E-state index contributed by atoms with van der Waals surface area (Å²) in [6.07, 6.45) is 0.329. The van der Waals surface area contributed by atoms with Crippen molar-refractivity contribution in [3.63, 3.8) is 0 Å². The summed E-state index contributed by atoms with van der Waals surface area (Å²) in [5, 5.41) is 0.637. The van der Waals surface area contributed by atoms with E-state index in [1.165, 1.54) is 0 Å². The van der Waals surface area contributed by atoms with Crippen LogP contribution in [-0.2, 0) is 13.9 Å². The van der Waals surface area contributed by atoms with Gasteiger partial charge in [0.2, 0.25) is 0 Å². The van der Waals surface area contributed by atoms with E-state index >= 15 is 0 Å². The van der Waals surface area contributed by atoms with Crippen LogP contribution < -0.4 is 5.30 Å². The molecule has 14 heavy (non-hydrogen) atoms. The Morgan fingerprint density at radius 3 is 2.50 bits per heavy atom. The van der Waals surface area contributed by atoms with Crippen molar-refractivity contribution in [1.29, 1.82) is 0 Å². The van der Waals surface area contributed by atoms with Gasteiger partial charge in [0.15, 0.2) is 0 Å². The first-order valence-electron chi connectivity index (χ1n) is 4.50. The molecule has 0 bridgehead atoms. The molecule has 0 aromatic heterocycles. The number of rotatable bonds is 1. The Kier molecular flexibility index (Phi) is 2.20. The first-order valence-corrected chi connectivity index (χ1v) is 6.31. The average molecular weight is 210 g/mol. The van der Waals surface area contributed by atoms with Gasteiger partial charge in [-0.25, -0.2) is 0 Å². The van der Waals surface area contributed by atoms with Crippen LogP contribution in [-0.4, -0.2) is 12.1 Å². The van der Waals surface area contributed by atoms with E-state index in [9.17, 15) is 9.36 Å². The van der Waals surface area contributed by atoms with E-state index in [2.05, 4.69) is 0 Å². The molecular formula is C10H11O3P. The second kappa shape index (κ2) is 3.25. The summed E-state index contributed by atoms with van der Waals surface area (Å²) < 4.78 is 17.2. The molecule has 1 aromatic rings. The fourth-order valence-corrected chi connectivity index (χ4v) is 3.88. The maximum Gasteiger partial charge on any atom is 0.314 e. The molecule has 1 saturated heterocycles. The molecule has 0 unspecified atom stereocenters. The summed E-state index contributed by atoms with van der Waals surface area (Å²) in [5.74, 6) is -0.599. The molecule has 0 spiro atoms. The fourth-order valence-electron chi connectivity index (χ4n) is 1.52. The number of benzene rings is 1. The SMILES string of the molecule is C[C@H]1C[P@](=O)(c2ccccc2)OC1=O. The minimum atomic E-state index is -2.88. The van der Waals surface area contributed by atoms with Crippen LogP contribution in [0.5, 0.6) is 0 Å². The van der Waals surface area contributed by atoms with Crippen LogP contribution in [0.1, 0.15) is 6.92 Å². The van der Waals surface area contributed by atoms with Gasteiger partial charge in [-0.05, 0) is 12.1 Å². The van der Waals surface area contributed by atoms with Crippen LogP contribution in [0.25, 0.3) is 0 Å². The second-order valence-corrected chi connectivity index (χ2v) is 5.91. The normalized spacial score (nSPS) is 31.5. The lowest BCUT2D eigenvalue weighted by Crippen LogP contribution is -2.05. The molecule has 3 nitrogen and oxygen atoms in total. The predicted octanol–water partition coefficient (Wildman–Crippen LogP) is 1.78. The molecule has 0 saturated carbocycles. The maximum atomic E-state index is 12.2. The molecule has 1 heterocycles. The lowest BCUT2D eigenvalue weighted by Gasteiger charge is -2.09. The molecule has 74 valence electrons. The van der Waals surface area contributed by atoms with Gasteiger partial charge in [0.1, 0.15) is 0 Å². The second-order valence-electron chi connectivity index (χ2n) is 3.50. The average Bonchev–Trinajstić information content (AvgIpc) is 2.44. The number of hydrogen-bond donors (Lipinski definition) is 0. The first kappa shape index (κ1) is 9.47. The van der Waals surface area contributed by atoms with Gasteiger partial charge in [-0.3, -0.25) is 9.36 Å². The van der Waals surface area contributed by atoms with Crippen molar-refractivity contribution in [3.05, 3.63) is 30.3 Å². The van der Waals surface area contributed by atoms with Crippen LogP contribution in [0.3, 0.4) is 0 Å². The highest BCUT2D eigenvalue weighted by molar-refractivity contribution is 7.67. The van der Waals surface area contributed by atoms with Gasteiger partial charge in [0.25, 0.3) is 7.37 Å². The lowest BCUT2D eigenvalue weighted by atomic mass is 10.2. The standard InChI is InChI=1S/C10H11O3P/c1-8-7-14(12,13-10(8)11)9-5-3-2-4-6-9/h2-6,8H,7H2,1H3/t8-,14+/m0/s1. The smallest absolute Gasteiger partial charge is 0.314 e. The maximum absolute atomic E-state index is 12.2. The number of carbonyl (C=O) groups excluding carboxylic acids is 1. The van der Waals surface area contributed by atoms with Crippen molar-refractivity contribution in [2.24, 2.45) is 5.92 Å². The monoisotopic (exact) mass is 210 g/mol. The van der Waals surface area contributed by atoms with Crippen molar-refractivity contribution in [1.82, 2.24) is 0 Å². The molecule has 1 aliphatic heterocycles. The highest BCUT2D eigenvalue weighted by Crippen LogP contribution is 2.52. The van der Waals surface area contributed by atoms with Crippen molar-refractivity contribution in [3.8, 4) is 0 Å². The largest absolute Gasteiger partial charge is 0.408 e. The van der Waals surface area contributed by atoms with Crippen LogP contribution in [0.2, 0.25) is 0 Å². The van der Waals surface area contributed by atoms with E-state index in [0.29, 0.717) is 11.5 Å². The van der Waals surface area contributed by atoms with Gasteiger partial charge >= 0.3 is 5.97 Å². The third kappa shape index (κ3) is 1.48. The summed E-state index contributed by atoms with van der Waals surface area (Å²) >= 11 is 0. The van der Waals surface area contributed by atoms with Crippen LogP contribution in [0.15, 0.2) is 30.3 Å². The minimum absolute atomic E-state index is 0.249. The number of carbonyl (C=O) groups is 1. The molecule has 1 aromatic carbocycles. The Balaban J connectivity index is 2.37. The van der Waals surface area contributed by atoms with Crippen LogP contribution >= 0.6 is 7.37 Å². The molecule has 0 aliphatic carbocycles. The quantitative estimate of drug-likeness (QED) is 0.663. The Morgan fingerprint density at radius 1 is 1.36 bits per heavy atom. The molecule has 1 aliphatic rings. The molecule has 1 fully saturated rings. The highest BCUT2D eigenvalue weighted by Gasteiger charge is 2.41. The molecule has 0 radical (unpaired) electrons. The van der Waals surface area contributed by atoms with Gasteiger partial charge in [-0.1, -0.05) is 25.1 Å². The van der Waals surface area contributed by atoms with E-state index in [1.807, 2.05) is 6.07 Å². The Labute approximate surface area is 82.5 Å². The summed E-state index contributed by atoms with van der Waals surface area (Å²) in [4.78, 5) is 11.2. The minimum Gasteiger partial charge on any atom is -0.408 e. The summed E-state index contributed by atoms with van der Waals surface area (Å²) in [6, 6.07) is 8.92. The van der Waals surface area contributed by atoms with E-state index in [4.69, 9.17) is 4.52 Å². The van der Waals surface area contributed by atoms with Gasteiger partial charge in [-0.15, -0.1) is 0 Å². The van der Waals surface area contributed by atoms with E-state index < -0.39 is 7.37 Å². The van der Waals surface area contributed by atoms with Gasteiger partial charge in [-0.2, -0.15) is 0 Å². The molecular weight excluding hydrogens is 199 g/mol. The Hall–Kier alpha value is -1.08. The van der Waals surface area contributed by atoms with Gasteiger partial charge in [0, 0.05) is 5.30 Å². The van der Waals surface area contributed by atoms with Crippen molar-refractivity contribution >= 4 is 18.6 Å². The fraction of sp³-hybridized carbons (Fsp3) is 0.300. The van der Waals surface area contributed by atoms with E-state index in [0.717, 1.165) is 0 Å². The zero-order chi connectivity index (χ0) is 10.2. The first-order chi connectivity index (χ1) is 6.62. The van der Waals surface area contributed by atoms with Crippen LogP contribution in [0.4, 0.5) is 0 Å². The van der Waals surface area contributed by atoms with Crippen molar-refractivity contribution < 1.29 is 13.9 Å². The zero-order valence-corrected chi connectivity index (χ0v) is 8.74. The predicted molar refractivity (Wildman–Crippen MR) is 53.8 cm³/mol. The topological polar surface area (TPSA) is 43.4 Å². The molecule has 2 rings (SSSR count). The van der Waals surface area contributed by atoms with Gasteiger partial charge in [0.05, 0.1) is 12.1 Å². The van der Waals surface area contributed by atoms with Crippen LogP contribution in [0, 0.1) is 5.92 Å².